The standard InChI is InChI=1S/C11H8N2S.ClH/c1-2-9-10(12-6-1)4-3-8-5-7-13-14-11(8)9;/h1-7,13H;1H. The molecule has 0 atom stereocenters. The number of pyridine rings is 1. The van der Waals surface area contributed by atoms with E-state index >= 15 is 0 Å². The molecule has 0 fully saturated rings. The molecule has 0 bridgehead atoms. The van der Waals surface area contributed by atoms with Crippen LogP contribution in [0.15, 0.2) is 41.6 Å². The zero-order valence-corrected chi connectivity index (χ0v) is 9.44. The Kier molecular flexibility index (Phi) is 2.84. The van der Waals surface area contributed by atoms with Gasteiger partial charge in [0.25, 0.3) is 0 Å². The van der Waals surface area contributed by atoms with Gasteiger partial charge in [0, 0.05) is 22.7 Å². The van der Waals surface area contributed by atoms with Crippen LogP contribution in [0.4, 0.5) is 0 Å². The second-order valence-electron chi connectivity index (χ2n) is 3.11. The highest BCUT2D eigenvalue weighted by atomic mass is 35.5. The maximum atomic E-state index is 4.32. The third-order valence-corrected chi connectivity index (χ3v) is 3.17. The number of halogens is 1. The summed E-state index contributed by atoms with van der Waals surface area (Å²) < 4.78 is 3.14. The molecule has 2 nitrogen and oxygen atoms in total. The summed E-state index contributed by atoms with van der Waals surface area (Å²) in [5.74, 6) is 0. The average molecular weight is 237 g/mol. The summed E-state index contributed by atoms with van der Waals surface area (Å²) in [5.41, 5.74) is 2.31. The third kappa shape index (κ3) is 1.68. The van der Waals surface area contributed by atoms with E-state index in [2.05, 4.69) is 34.0 Å². The largest absolute Gasteiger partial charge is 0.332 e. The summed E-state index contributed by atoms with van der Waals surface area (Å²) in [6.45, 7) is 0. The summed E-state index contributed by atoms with van der Waals surface area (Å²) in [5, 5.41) is 1.21. The molecular formula is C11H9ClN2S. The maximum absolute atomic E-state index is 4.32. The van der Waals surface area contributed by atoms with E-state index in [0.29, 0.717) is 0 Å². The molecule has 1 aliphatic heterocycles. The van der Waals surface area contributed by atoms with Crippen LogP contribution in [0.2, 0.25) is 0 Å². The molecule has 0 saturated carbocycles. The van der Waals surface area contributed by atoms with Crippen molar-refractivity contribution < 1.29 is 0 Å². The maximum Gasteiger partial charge on any atom is 0.0714 e. The van der Waals surface area contributed by atoms with E-state index in [1.165, 1.54) is 15.8 Å². The Morgan fingerprint density at radius 1 is 1.20 bits per heavy atom. The van der Waals surface area contributed by atoms with Crippen LogP contribution < -0.4 is 4.72 Å². The van der Waals surface area contributed by atoms with E-state index in [9.17, 15) is 0 Å². The highest BCUT2D eigenvalue weighted by Gasteiger charge is 2.08. The van der Waals surface area contributed by atoms with Crippen molar-refractivity contribution in [2.45, 2.75) is 4.90 Å². The van der Waals surface area contributed by atoms with Gasteiger partial charge in [0.1, 0.15) is 0 Å². The van der Waals surface area contributed by atoms with Gasteiger partial charge in [-0.25, -0.2) is 0 Å². The Morgan fingerprint density at radius 3 is 3.07 bits per heavy atom. The lowest BCUT2D eigenvalue weighted by molar-refractivity contribution is 1.32. The van der Waals surface area contributed by atoms with Crippen LogP contribution in [0, 0.1) is 0 Å². The van der Waals surface area contributed by atoms with Crippen molar-refractivity contribution in [3.63, 3.8) is 0 Å². The fraction of sp³-hybridized carbons (Fsp3) is 0. The predicted molar refractivity (Wildman–Crippen MR) is 67.0 cm³/mol. The van der Waals surface area contributed by atoms with E-state index in [1.54, 1.807) is 11.9 Å². The minimum atomic E-state index is 0. The lowest BCUT2D eigenvalue weighted by Gasteiger charge is -2.12. The first-order chi connectivity index (χ1) is 6.95. The van der Waals surface area contributed by atoms with E-state index in [0.717, 1.165) is 5.52 Å². The number of hydrogen-bond acceptors (Lipinski definition) is 3. The summed E-state index contributed by atoms with van der Waals surface area (Å²) in [6, 6.07) is 8.25. The van der Waals surface area contributed by atoms with Crippen molar-refractivity contribution in [1.82, 2.24) is 9.71 Å². The Balaban J connectivity index is 0.000000853. The second kappa shape index (κ2) is 4.13. The van der Waals surface area contributed by atoms with Crippen molar-refractivity contribution in [3.8, 4) is 0 Å². The van der Waals surface area contributed by atoms with E-state index < -0.39 is 0 Å². The van der Waals surface area contributed by atoms with Gasteiger partial charge >= 0.3 is 0 Å². The predicted octanol–water partition coefficient (Wildman–Crippen LogP) is 3.24. The SMILES string of the molecule is C1=Cc2ccc3ncccc3c2SN1.Cl. The first kappa shape index (κ1) is 10.3. The van der Waals surface area contributed by atoms with Gasteiger partial charge in [-0.1, -0.05) is 12.1 Å². The molecule has 4 heteroatoms. The van der Waals surface area contributed by atoms with E-state index in [1.807, 2.05) is 18.5 Å². The Bertz CT molecular complexity index is 525. The van der Waals surface area contributed by atoms with Crippen LogP contribution in [0.5, 0.6) is 0 Å². The van der Waals surface area contributed by atoms with Crippen LogP contribution in [0.1, 0.15) is 5.56 Å². The fourth-order valence-corrected chi connectivity index (χ4v) is 2.39. The van der Waals surface area contributed by atoms with Crippen LogP contribution >= 0.6 is 24.4 Å². The number of hydrogen-bond donors (Lipinski definition) is 1. The molecule has 15 heavy (non-hydrogen) atoms. The third-order valence-electron chi connectivity index (χ3n) is 2.26. The highest BCUT2D eigenvalue weighted by Crippen LogP contribution is 2.31. The number of nitrogens with one attached hydrogen (secondary N) is 1. The summed E-state index contributed by atoms with van der Waals surface area (Å²) in [7, 11) is 0. The topological polar surface area (TPSA) is 24.9 Å². The molecule has 0 aliphatic carbocycles. The zero-order chi connectivity index (χ0) is 9.38. The van der Waals surface area contributed by atoms with Gasteiger partial charge in [-0.15, -0.1) is 12.4 Å². The molecule has 0 radical (unpaired) electrons. The van der Waals surface area contributed by atoms with Gasteiger partial charge in [0.15, 0.2) is 0 Å². The van der Waals surface area contributed by atoms with Gasteiger partial charge in [-0.2, -0.15) is 0 Å². The van der Waals surface area contributed by atoms with Crippen LogP contribution in [-0.4, -0.2) is 4.98 Å². The molecule has 76 valence electrons. The molecule has 1 N–H and O–H groups in total. The van der Waals surface area contributed by atoms with Gasteiger partial charge in [-0.3, -0.25) is 4.98 Å². The molecule has 0 unspecified atom stereocenters. The Labute approximate surface area is 98.3 Å². The molecule has 1 aromatic heterocycles. The van der Waals surface area contributed by atoms with Crippen LogP contribution in [0.3, 0.4) is 0 Å². The smallest absolute Gasteiger partial charge is 0.0714 e. The molecule has 0 saturated heterocycles. The second-order valence-corrected chi connectivity index (χ2v) is 3.96. The van der Waals surface area contributed by atoms with Crippen molar-refractivity contribution in [3.05, 3.63) is 42.2 Å². The van der Waals surface area contributed by atoms with Crippen LogP contribution in [-0.2, 0) is 0 Å². The summed E-state index contributed by atoms with van der Waals surface area (Å²) in [4.78, 5) is 5.59. The summed E-state index contributed by atoms with van der Waals surface area (Å²) in [6.07, 6.45) is 5.86. The van der Waals surface area contributed by atoms with E-state index in [4.69, 9.17) is 0 Å². The Morgan fingerprint density at radius 2 is 2.13 bits per heavy atom. The number of nitrogens with zero attached hydrogens (tertiary/aromatic N) is 1. The molecule has 1 aliphatic rings. The number of aromatic nitrogens is 1. The van der Waals surface area contributed by atoms with Gasteiger partial charge in [0.05, 0.1) is 5.52 Å². The normalized spacial score (nSPS) is 12.8. The first-order valence-corrected chi connectivity index (χ1v) is 5.23. The van der Waals surface area contributed by atoms with Crippen molar-refractivity contribution in [1.29, 1.82) is 0 Å². The van der Waals surface area contributed by atoms with Gasteiger partial charge in [-0.05, 0) is 35.7 Å². The quantitative estimate of drug-likeness (QED) is 0.711. The van der Waals surface area contributed by atoms with Gasteiger partial charge in [0.2, 0.25) is 0 Å². The molecule has 0 amide bonds. The fourth-order valence-electron chi connectivity index (χ4n) is 1.60. The lowest BCUT2D eigenvalue weighted by Crippen LogP contribution is -1.98. The molecule has 0 spiro atoms. The summed E-state index contributed by atoms with van der Waals surface area (Å²) >= 11 is 1.64. The zero-order valence-electron chi connectivity index (χ0n) is 7.81. The minimum Gasteiger partial charge on any atom is -0.332 e. The molecular weight excluding hydrogens is 228 g/mol. The van der Waals surface area contributed by atoms with Crippen molar-refractivity contribution >= 4 is 41.3 Å². The van der Waals surface area contributed by atoms with Crippen molar-refractivity contribution in [2.75, 3.05) is 0 Å². The average Bonchev–Trinajstić information content (AvgIpc) is 2.29. The number of fused-ring (bicyclic) bond motifs is 3. The molecule has 2 aromatic rings. The minimum absolute atomic E-state index is 0. The van der Waals surface area contributed by atoms with Gasteiger partial charge < -0.3 is 4.72 Å². The monoisotopic (exact) mass is 236 g/mol. The first-order valence-electron chi connectivity index (χ1n) is 4.42. The van der Waals surface area contributed by atoms with Crippen LogP contribution in [0.25, 0.3) is 17.0 Å². The lowest BCUT2D eigenvalue weighted by atomic mass is 10.1. The van der Waals surface area contributed by atoms with Crippen molar-refractivity contribution in [2.24, 2.45) is 0 Å². The highest BCUT2D eigenvalue weighted by molar-refractivity contribution is 7.97. The number of benzene rings is 1. The molecule has 2 heterocycles. The van der Waals surface area contributed by atoms with E-state index in [-0.39, 0.29) is 12.4 Å². The number of rotatable bonds is 0. The molecule has 3 rings (SSSR count). The Hall–Kier alpha value is -1.19. The molecule has 1 aromatic carbocycles.